The number of nitrogens with zero attached hydrogens (tertiary/aromatic N) is 1. The molecule has 1 aromatic heterocycles. The van der Waals surface area contributed by atoms with Gasteiger partial charge in [0.2, 0.25) is 0 Å². The van der Waals surface area contributed by atoms with E-state index < -0.39 is 6.09 Å². The van der Waals surface area contributed by atoms with E-state index in [9.17, 15) is 4.79 Å². The summed E-state index contributed by atoms with van der Waals surface area (Å²) in [6.07, 6.45) is 2.93. The van der Waals surface area contributed by atoms with Gasteiger partial charge in [0.25, 0.3) is 0 Å². The predicted octanol–water partition coefficient (Wildman–Crippen LogP) is 5.65. The summed E-state index contributed by atoms with van der Waals surface area (Å²) >= 11 is 0. The number of carbonyl (C=O) groups excluding carboxylic acids is 1. The Hall–Kier alpha value is -3.06. The second-order valence-electron chi connectivity index (χ2n) is 10.2. The van der Waals surface area contributed by atoms with Crippen LogP contribution in [0.4, 0.5) is 4.79 Å². The molecule has 2 aromatic carbocycles. The van der Waals surface area contributed by atoms with Crippen LogP contribution < -0.4 is 15.5 Å². The van der Waals surface area contributed by atoms with Gasteiger partial charge in [0, 0.05) is 13.4 Å². The largest absolute Gasteiger partial charge is 0.492 e. The molecule has 3 aromatic rings. The van der Waals surface area contributed by atoms with Gasteiger partial charge in [-0.25, -0.2) is 4.79 Å². The van der Waals surface area contributed by atoms with Crippen molar-refractivity contribution < 1.29 is 20.3 Å². The summed E-state index contributed by atoms with van der Waals surface area (Å²) in [6, 6.07) is 17.7. The summed E-state index contributed by atoms with van der Waals surface area (Å²) in [7, 11) is 1.82. The lowest BCUT2D eigenvalue weighted by Crippen LogP contribution is -2.42. The van der Waals surface area contributed by atoms with E-state index in [4.69, 9.17) is 14.1 Å². The number of hydrogen-bond donors (Lipinski definition) is 1. The van der Waals surface area contributed by atoms with Crippen LogP contribution in [0.15, 0.2) is 60.8 Å². The van der Waals surface area contributed by atoms with Crippen LogP contribution in [0.2, 0.25) is 0 Å². The Labute approximate surface area is 211 Å². The molecule has 0 atom stereocenters. The van der Waals surface area contributed by atoms with Gasteiger partial charge >= 0.3 is 13.6 Å². The molecular formula is C28H38BN2O4. The van der Waals surface area contributed by atoms with Crippen LogP contribution in [-0.4, -0.2) is 37.3 Å². The maximum atomic E-state index is 11.8. The summed E-state index contributed by atoms with van der Waals surface area (Å²) < 4.78 is 17.2. The van der Waals surface area contributed by atoms with Crippen molar-refractivity contribution in [2.24, 2.45) is 5.41 Å². The highest BCUT2D eigenvalue weighted by molar-refractivity contribution is 6.47. The van der Waals surface area contributed by atoms with E-state index in [1.807, 2.05) is 56.0 Å². The first-order valence-electron chi connectivity index (χ1n) is 12.1. The monoisotopic (exact) mass is 477 g/mol. The van der Waals surface area contributed by atoms with Crippen molar-refractivity contribution in [2.75, 3.05) is 13.2 Å². The molecule has 6 nitrogen and oxygen atoms in total. The number of amides is 1. The first-order valence-corrected chi connectivity index (χ1v) is 12.1. The number of aromatic nitrogens is 1. The number of fused-ring (bicyclic) bond motifs is 1. The lowest BCUT2D eigenvalue weighted by molar-refractivity contribution is 0.00504. The van der Waals surface area contributed by atoms with Crippen molar-refractivity contribution in [3.63, 3.8) is 0 Å². The van der Waals surface area contributed by atoms with E-state index in [0.29, 0.717) is 13.2 Å². The number of unbranched alkanes of at least 4 members (excludes halogenated alkanes) is 1. The van der Waals surface area contributed by atoms with Crippen LogP contribution in [0.1, 0.15) is 54.5 Å². The van der Waals surface area contributed by atoms with Gasteiger partial charge in [0.1, 0.15) is 12.4 Å². The Kier molecular flexibility index (Phi) is 9.16. The van der Waals surface area contributed by atoms with Gasteiger partial charge in [-0.1, -0.05) is 68.7 Å². The van der Waals surface area contributed by atoms with Gasteiger partial charge < -0.3 is 19.4 Å². The van der Waals surface area contributed by atoms with Crippen molar-refractivity contribution in [2.45, 2.75) is 59.7 Å². The first kappa shape index (κ1) is 26.5. The van der Waals surface area contributed by atoms with Crippen LogP contribution in [0.25, 0.3) is 10.9 Å². The molecule has 187 valence electrons. The minimum absolute atomic E-state index is 0. The molecule has 0 aliphatic carbocycles. The molecule has 7 heteroatoms. The molecule has 0 aliphatic rings. The molecule has 0 unspecified atom stereocenters. The van der Waals surface area contributed by atoms with Gasteiger partial charge in [0.05, 0.1) is 23.9 Å². The third-order valence-electron chi connectivity index (χ3n) is 6.30. The Morgan fingerprint density at radius 1 is 1.03 bits per heavy atom. The normalized spacial score (nSPS) is 11.8. The number of carbonyl (C=O) groups is 1. The van der Waals surface area contributed by atoms with E-state index in [2.05, 4.69) is 51.0 Å². The number of rotatable bonds is 11. The maximum Gasteiger partial charge on any atom is 0.407 e. The van der Waals surface area contributed by atoms with E-state index in [1.54, 1.807) is 6.20 Å². The highest BCUT2D eigenvalue weighted by Crippen LogP contribution is 2.32. The quantitative estimate of drug-likeness (QED) is 0.285. The van der Waals surface area contributed by atoms with Gasteiger partial charge in [-0.3, -0.25) is 4.98 Å². The van der Waals surface area contributed by atoms with E-state index in [0.717, 1.165) is 40.5 Å². The van der Waals surface area contributed by atoms with Gasteiger partial charge in [-0.2, -0.15) is 0 Å². The third-order valence-corrected chi connectivity index (χ3v) is 6.30. The van der Waals surface area contributed by atoms with Crippen LogP contribution in [0.3, 0.4) is 0 Å². The SMILES string of the molecule is CC(C)(C)C(C)(C)O[B]c1ccc2ncc(OCCCCNC(=O)OCc3ccccc3)cc2c1.[HH]. The second-order valence-corrected chi connectivity index (χ2v) is 10.2. The topological polar surface area (TPSA) is 69.7 Å². The molecule has 1 radical (unpaired) electrons. The summed E-state index contributed by atoms with van der Waals surface area (Å²) in [6.45, 7) is 12.1. The molecular weight excluding hydrogens is 439 g/mol. The summed E-state index contributed by atoms with van der Waals surface area (Å²) in [5.74, 6) is 0.723. The molecule has 0 bridgehead atoms. The number of pyridine rings is 1. The second kappa shape index (κ2) is 12.1. The fourth-order valence-electron chi connectivity index (χ4n) is 3.06. The van der Waals surface area contributed by atoms with Gasteiger partial charge in [-0.15, -0.1) is 0 Å². The average Bonchev–Trinajstić information content (AvgIpc) is 2.83. The van der Waals surface area contributed by atoms with Crippen LogP contribution >= 0.6 is 0 Å². The summed E-state index contributed by atoms with van der Waals surface area (Å²) in [5.41, 5.74) is 2.58. The third kappa shape index (κ3) is 8.28. The lowest BCUT2D eigenvalue weighted by atomic mass is 9.76. The zero-order valence-electron chi connectivity index (χ0n) is 21.5. The highest BCUT2D eigenvalue weighted by Gasteiger charge is 2.33. The number of nitrogens with one attached hydrogen (secondary N) is 1. The average molecular weight is 477 g/mol. The molecule has 1 amide bonds. The van der Waals surface area contributed by atoms with Crippen LogP contribution in [0, 0.1) is 5.41 Å². The Morgan fingerprint density at radius 2 is 1.80 bits per heavy atom. The number of alkyl carbamates (subject to hydrolysis) is 1. The highest BCUT2D eigenvalue weighted by atomic mass is 16.5. The maximum absolute atomic E-state index is 11.8. The Bertz CT molecular complexity index is 1100. The summed E-state index contributed by atoms with van der Waals surface area (Å²) in [5, 5.41) is 3.77. The standard InChI is InChI=1S/C28H36BN2O4.H2/c1-27(2,3)28(4,5)35-29-23-13-14-25-22(17-23)18-24(19-31-25)33-16-10-9-15-30-26(32)34-20-21-11-7-6-8-12-21;/h6-8,11-14,17-19H,9-10,15-16,20H2,1-5H3,(H,30,32);1H. The van der Waals surface area contributed by atoms with E-state index >= 15 is 0 Å². The first-order chi connectivity index (χ1) is 16.6. The van der Waals surface area contributed by atoms with E-state index in [1.165, 1.54) is 0 Å². The van der Waals surface area contributed by atoms with Crippen LogP contribution in [0.5, 0.6) is 5.75 Å². The molecule has 0 saturated carbocycles. The van der Waals surface area contributed by atoms with E-state index in [-0.39, 0.29) is 19.0 Å². The zero-order chi connectivity index (χ0) is 25.3. The van der Waals surface area contributed by atoms with Crippen molar-refractivity contribution in [3.8, 4) is 5.75 Å². The minimum Gasteiger partial charge on any atom is -0.492 e. The van der Waals surface area contributed by atoms with Crippen molar-refractivity contribution in [1.29, 1.82) is 0 Å². The smallest absolute Gasteiger partial charge is 0.407 e. The molecule has 0 spiro atoms. The molecule has 0 fully saturated rings. The molecule has 3 rings (SSSR count). The molecule has 0 saturated heterocycles. The van der Waals surface area contributed by atoms with Crippen molar-refractivity contribution >= 4 is 29.9 Å². The van der Waals surface area contributed by atoms with Crippen molar-refractivity contribution in [3.05, 3.63) is 66.4 Å². The fourth-order valence-corrected chi connectivity index (χ4v) is 3.06. The number of benzene rings is 2. The summed E-state index contributed by atoms with van der Waals surface area (Å²) in [4.78, 5) is 16.3. The number of ether oxygens (including phenoxy) is 2. The Morgan fingerprint density at radius 3 is 2.54 bits per heavy atom. The molecule has 1 N–H and O–H groups in total. The zero-order valence-corrected chi connectivity index (χ0v) is 21.5. The predicted molar refractivity (Wildman–Crippen MR) is 143 cm³/mol. The molecule has 1 heterocycles. The minimum atomic E-state index is -0.407. The van der Waals surface area contributed by atoms with Gasteiger partial charge in [0.15, 0.2) is 0 Å². The van der Waals surface area contributed by atoms with Crippen LogP contribution in [-0.2, 0) is 16.0 Å². The fraction of sp³-hybridized carbons (Fsp3) is 0.429. The lowest BCUT2D eigenvalue weighted by Gasteiger charge is -2.39. The molecule has 35 heavy (non-hydrogen) atoms. The Balaban J connectivity index is 0.00000456. The molecule has 0 aliphatic heterocycles. The van der Waals surface area contributed by atoms with Crippen molar-refractivity contribution in [1.82, 2.24) is 10.3 Å². The number of hydrogen-bond acceptors (Lipinski definition) is 5. The van der Waals surface area contributed by atoms with Gasteiger partial charge in [-0.05, 0) is 49.8 Å².